The van der Waals surface area contributed by atoms with Crippen LogP contribution in [0.5, 0.6) is 17.6 Å². The highest BCUT2D eigenvalue weighted by atomic mass is 16.5. The van der Waals surface area contributed by atoms with E-state index >= 15 is 0 Å². The maximum atomic E-state index is 9.49. The van der Waals surface area contributed by atoms with E-state index in [0.717, 1.165) is 5.56 Å². The highest BCUT2D eigenvalue weighted by molar-refractivity contribution is 5.31. The van der Waals surface area contributed by atoms with E-state index < -0.39 is 6.10 Å². The third-order valence-corrected chi connectivity index (χ3v) is 2.37. The molecule has 1 aromatic heterocycles. The van der Waals surface area contributed by atoms with Crippen molar-refractivity contribution in [1.29, 1.82) is 0 Å². The summed E-state index contributed by atoms with van der Waals surface area (Å²) in [5, 5.41) is 9.49. The smallest absolute Gasteiger partial charge is 0.325 e. The van der Waals surface area contributed by atoms with Gasteiger partial charge in [-0.25, -0.2) is 4.98 Å². The number of aliphatic hydroxyl groups excluding tert-OH is 1. The average molecular weight is 246 g/mol. The highest BCUT2D eigenvalue weighted by Crippen LogP contribution is 2.23. The van der Waals surface area contributed by atoms with Crippen molar-refractivity contribution in [3.8, 4) is 17.6 Å². The van der Waals surface area contributed by atoms with Crippen LogP contribution in [0.15, 0.2) is 36.5 Å². The number of hydrogen-bond donors (Lipinski definition) is 1. The van der Waals surface area contributed by atoms with Gasteiger partial charge in [0.05, 0.1) is 13.2 Å². The molecule has 0 spiro atoms. The van der Waals surface area contributed by atoms with Crippen molar-refractivity contribution in [3.63, 3.8) is 0 Å². The molecule has 94 valence electrons. The number of hydrogen-bond acceptors (Lipinski definition) is 5. The summed E-state index contributed by atoms with van der Waals surface area (Å²) in [6, 6.07) is 8.99. The largest absolute Gasteiger partial charge is 0.481 e. The van der Waals surface area contributed by atoms with Crippen LogP contribution in [-0.4, -0.2) is 22.2 Å². The molecule has 0 aliphatic carbocycles. The molecule has 0 saturated carbocycles. The Labute approximate surface area is 105 Å². The monoisotopic (exact) mass is 246 g/mol. The summed E-state index contributed by atoms with van der Waals surface area (Å²) in [5.41, 5.74) is 0.774. The molecule has 0 bridgehead atoms. The Morgan fingerprint density at radius 1 is 1.28 bits per heavy atom. The lowest BCUT2D eigenvalue weighted by Gasteiger charge is -2.08. The van der Waals surface area contributed by atoms with Gasteiger partial charge in [-0.3, -0.25) is 0 Å². The minimum absolute atomic E-state index is 0.206. The highest BCUT2D eigenvalue weighted by Gasteiger charge is 2.05. The Morgan fingerprint density at radius 3 is 2.83 bits per heavy atom. The molecule has 2 aromatic rings. The zero-order chi connectivity index (χ0) is 13.0. The summed E-state index contributed by atoms with van der Waals surface area (Å²) in [4.78, 5) is 8.02. The Bertz CT molecular complexity index is 529. The molecule has 0 aliphatic rings. The number of aliphatic hydroxyl groups is 1. The van der Waals surface area contributed by atoms with E-state index in [1.165, 1.54) is 7.11 Å². The Morgan fingerprint density at radius 2 is 2.11 bits per heavy atom. The predicted molar refractivity (Wildman–Crippen MR) is 65.7 cm³/mol. The predicted octanol–water partition coefficient (Wildman–Crippen LogP) is 2.33. The van der Waals surface area contributed by atoms with Gasteiger partial charge in [-0.1, -0.05) is 12.1 Å². The number of rotatable bonds is 4. The molecule has 0 saturated heterocycles. The SMILES string of the molecule is COc1ccnc(Oc2cccc(C(C)O)c2)n1. The fraction of sp³-hybridized carbons (Fsp3) is 0.231. The number of methoxy groups -OCH3 is 1. The Balaban J connectivity index is 2.20. The van der Waals surface area contributed by atoms with Crippen LogP contribution in [0.25, 0.3) is 0 Å². The number of benzene rings is 1. The zero-order valence-corrected chi connectivity index (χ0v) is 10.2. The second-order valence-electron chi connectivity index (χ2n) is 3.73. The molecule has 0 aliphatic heterocycles. The fourth-order valence-corrected chi connectivity index (χ4v) is 1.43. The molecule has 2 rings (SSSR count). The molecular weight excluding hydrogens is 232 g/mol. The van der Waals surface area contributed by atoms with Crippen molar-refractivity contribution in [1.82, 2.24) is 9.97 Å². The van der Waals surface area contributed by atoms with Gasteiger partial charge in [-0.05, 0) is 24.6 Å². The van der Waals surface area contributed by atoms with Crippen LogP contribution in [0.4, 0.5) is 0 Å². The Kier molecular flexibility index (Phi) is 3.74. The molecule has 5 nitrogen and oxygen atoms in total. The normalized spacial score (nSPS) is 11.9. The van der Waals surface area contributed by atoms with Gasteiger partial charge in [0.2, 0.25) is 5.88 Å². The minimum atomic E-state index is -0.542. The summed E-state index contributed by atoms with van der Waals surface area (Å²) in [5.74, 6) is 1.01. The molecule has 18 heavy (non-hydrogen) atoms. The molecule has 1 unspecified atom stereocenters. The van der Waals surface area contributed by atoms with E-state index in [0.29, 0.717) is 11.6 Å². The maximum absolute atomic E-state index is 9.49. The van der Waals surface area contributed by atoms with Gasteiger partial charge in [0.15, 0.2) is 0 Å². The summed E-state index contributed by atoms with van der Waals surface area (Å²) < 4.78 is 10.5. The van der Waals surface area contributed by atoms with E-state index in [1.807, 2.05) is 6.07 Å². The Hall–Kier alpha value is -2.14. The topological polar surface area (TPSA) is 64.5 Å². The molecule has 1 heterocycles. The van der Waals surface area contributed by atoms with Crippen LogP contribution in [-0.2, 0) is 0 Å². The van der Waals surface area contributed by atoms with E-state index in [-0.39, 0.29) is 6.01 Å². The second-order valence-corrected chi connectivity index (χ2v) is 3.73. The fourth-order valence-electron chi connectivity index (χ4n) is 1.43. The lowest BCUT2D eigenvalue weighted by Crippen LogP contribution is -1.96. The first kappa shape index (κ1) is 12.3. The summed E-state index contributed by atoms with van der Waals surface area (Å²) in [6.45, 7) is 1.70. The molecule has 1 aromatic carbocycles. The third kappa shape index (κ3) is 2.95. The molecule has 1 atom stereocenters. The van der Waals surface area contributed by atoms with Crippen molar-refractivity contribution < 1.29 is 14.6 Å². The molecule has 5 heteroatoms. The van der Waals surface area contributed by atoms with Crippen molar-refractivity contribution in [2.75, 3.05) is 7.11 Å². The van der Waals surface area contributed by atoms with Crippen molar-refractivity contribution in [2.45, 2.75) is 13.0 Å². The van der Waals surface area contributed by atoms with Gasteiger partial charge in [-0.15, -0.1) is 0 Å². The van der Waals surface area contributed by atoms with Crippen LogP contribution in [0.3, 0.4) is 0 Å². The van der Waals surface area contributed by atoms with E-state index in [9.17, 15) is 5.11 Å². The van der Waals surface area contributed by atoms with Crippen LogP contribution in [0, 0.1) is 0 Å². The quantitative estimate of drug-likeness (QED) is 0.896. The summed E-state index contributed by atoms with van der Waals surface area (Å²) in [6.07, 6.45) is 1.01. The summed E-state index contributed by atoms with van der Waals surface area (Å²) >= 11 is 0. The van der Waals surface area contributed by atoms with Gasteiger partial charge < -0.3 is 14.6 Å². The van der Waals surface area contributed by atoms with E-state index in [4.69, 9.17) is 9.47 Å². The first-order valence-corrected chi connectivity index (χ1v) is 5.52. The molecule has 0 fully saturated rings. The van der Waals surface area contributed by atoms with Gasteiger partial charge in [0.1, 0.15) is 5.75 Å². The average Bonchev–Trinajstić information content (AvgIpc) is 2.39. The molecule has 0 amide bonds. The maximum Gasteiger partial charge on any atom is 0.325 e. The zero-order valence-electron chi connectivity index (χ0n) is 10.2. The van der Waals surface area contributed by atoms with E-state index in [1.54, 1.807) is 37.4 Å². The molecular formula is C13H14N2O3. The van der Waals surface area contributed by atoms with Crippen LogP contribution in [0.2, 0.25) is 0 Å². The lowest BCUT2D eigenvalue weighted by atomic mass is 10.1. The summed E-state index contributed by atoms with van der Waals surface area (Å²) in [7, 11) is 1.53. The van der Waals surface area contributed by atoms with Crippen LogP contribution < -0.4 is 9.47 Å². The molecule has 1 N–H and O–H groups in total. The second kappa shape index (κ2) is 5.46. The third-order valence-electron chi connectivity index (χ3n) is 2.37. The van der Waals surface area contributed by atoms with Gasteiger partial charge in [0, 0.05) is 12.3 Å². The van der Waals surface area contributed by atoms with Gasteiger partial charge in [0.25, 0.3) is 0 Å². The van der Waals surface area contributed by atoms with Gasteiger partial charge >= 0.3 is 6.01 Å². The first-order chi connectivity index (χ1) is 8.69. The van der Waals surface area contributed by atoms with Gasteiger partial charge in [-0.2, -0.15) is 4.98 Å². The van der Waals surface area contributed by atoms with Crippen molar-refractivity contribution in [3.05, 3.63) is 42.1 Å². The standard InChI is InChI=1S/C13H14N2O3/c1-9(16)10-4-3-5-11(8-10)18-13-14-7-6-12(15-13)17-2/h3-9,16H,1-2H3. The number of aromatic nitrogens is 2. The van der Waals surface area contributed by atoms with Crippen molar-refractivity contribution in [2.24, 2.45) is 0 Å². The van der Waals surface area contributed by atoms with Crippen LogP contribution in [0.1, 0.15) is 18.6 Å². The first-order valence-electron chi connectivity index (χ1n) is 5.52. The number of ether oxygens (including phenoxy) is 2. The lowest BCUT2D eigenvalue weighted by molar-refractivity contribution is 0.199. The minimum Gasteiger partial charge on any atom is -0.481 e. The van der Waals surface area contributed by atoms with Crippen molar-refractivity contribution >= 4 is 0 Å². The van der Waals surface area contributed by atoms with E-state index in [2.05, 4.69) is 9.97 Å². The van der Waals surface area contributed by atoms with Crippen LogP contribution >= 0.6 is 0 Å². The molecule has 0 radical (unpaired) electrons. The number of nitrogens with zero attached hydrogens (tertiary/aromatic N) is 2.